The summed E-state index contributed by atoms with van der Waals surface area (Å²) in [7, 11) is 0. The van der Waals surface area contributed by atoms with Gasteiger partial charge in [0.05, 0.1) is 5.02 Å². The molecule has 0 saturated heterocycles. The second-order valence-corrected chi connectivity index (χ2v) is 7.77. The fraction of sp³-hybridized carbons (Fsp3) is 0.647. The summed E-state index contributed by atoms with van der Waals surface area (Å²) in [6.45, 7) is 3.07. The molecule has 4 atom stereocenters. The summed E-state index contributed by atoms with van der Waals surface area (Å²) in [4.78, 5) is 0. The highest BCUT2D eigenvalue weighted by Gasteiger charge is 2.44. The number of benzene rings is 1. The van der Waals surface area contributed by atoms with E-state index in [0.717, 1.165) is 30.4 Å². The zero-order valence-electron chi connectivity index (χ0n) is 12.3. The van der Waals surface area contributed by atoms with Crippen molar-refractivity contribution in [2.45, 2.75) is 45.1 Å². The fourth-order valence-corrected chi connectivity index (χ4v) is 4.75. The topological polar surface area (TPSA) is 12.0 Å². The Morgan fingerprint density at radius 3 is 2.81 bits per heavy atom. The van der Waals surface area contributed by atoms with Gasteiger partial charge in [-0.25, -0.2) is 4.39 Å². The van der Waals surface area contributed by atoms with Crippen LogP contribution in [0.3, 0.4) is 0 Å². The van der Waals surface area contributed by atoms with E-state index < -0.39 is 0 Å². The van der Waals surface area contributed by atoms with Crippen molar-refractivity contribution in [1.29, 1.82) is 0 Å². The van der Waals surface area contributed by atoms with Crippen molar-refractivity contribution in [3.05, 3.63) is 33.0 Å². The van der Waals surface area contributed by atoms with Gasteiger partial charge in [-0.2, -0.15) is 0 Å². The third-order valence-corrected chi connectivity index (χ3v) is 6.49. The van der Waals surface area contributed by atoms with E-state index >= 15 is 0 Å². The van der Waals surface area contributed by atoms with Gasteiger partial charge in [0, 0.05) is 16.1 Å². The van der Waals surface area contributed by atoms with Crippen LogP contribution in [0.25, 0.3) is 0 Å². The van der Waals surface area contributed by atoms with Crippen molar-refractivity contribution in [1.82, 2.24) is 5.32 Å². The molecule has 0 radical (unpaired) electrons. The summed E-state index contributed by atoms with van der Waals surface area (Å²) in [6, 6.07) is 3.87. The molecule has 0 aromatic heterocycles. The minimum absolute atomic E-state index is 0.103. The molecule has 2 aliphatic rings. The molecular formula is C17H22BrClFN. The van der Waals surface area contributed by atoms with E-state index in [9.17, 15) is 4.39 Å². The molecule has 1 N–H and O–H groups in total. The Balaban J connectivity index is 1.90. The minimum atomic E-state index is -0.262. The van der Waals surface area contributed by atoms with E-state index in [2.05, 4.69) is 28.2 Å². The van der Waals surface area contributed by atoms with Crippen LogP contribution in [0.1, 0.15) is 50.6 Å². The number of hydrogen-bond acceptors (Lipinski definition) is 1. The van der Waals surface area contributed by atoms with E-state index in [4.69, 9.17) is 11.6 Å². The highest BCUT2D eigenvalue weighted by atomic mass is 79.9. The van der Waals surface area contributed by atoms with Crippen molar-refractivity contribution in [2.24, 2.45) is 17.8 Å². The Hall–Kier alpha value is -0.120. The van der Waals surface area contributed by atoms with Crippen LogP contribution in [0, 0.1) is 23.6 Å². The predicted molar refractivity (Wildman–Crippen MR) is 89.1 cm³/mol. The number of nitrogens with one attached hydrogen (secondary N) is 1. The summed E-state index contributed by atoms with van der Waals surface area (Å²) in [5.74, 6) is 1.91. The van der Waals surface area contributed by atoms with Crippen molar-refractivity contribution in [2.75, 3.05) is 6.54 Å². The molecule has 4 unspecified atom stereocenters. The number of fused-ring (bicyclic) bond motifs is 2. The maximum atomic E-state index is 14.6. The maximum Gasteiger partial charge on any atom is 0.147 e. The van der Waals surface area contributed by atoms with E-state index in [1.165, 1.54) is 25.7 Å². The van der Waals surface area contributed by atoms with E-state index in [0.29, 0.717) is 10.4 Å². The molecule has 0 amide bonds. The summed E-state index contributed by atoms with van der Waals surface area (Å²) in [5.41, 5.74) is 0.745. The molecule has 2 bridgehead atoms. The Bertz CT molecular complexity index is 522. The molecule has 116 valence electrons. The lowest BCUT2D eigenvalue weighted by molar-refractivity contribution is 0.246. The van der Waals surface area contributed by atoms with Gasteiger partial charge in [-0.15, -0.1) is 0 Å². The highest BCUT2D eigenvalue weighted by Crippen LogP contribution is 2.53. The molecule has 2 fully saturated rings. The number of halogens is 3. The third kappa shape index (κ3) is 3.02. The summed E-state index contributed by atoms with van der Waals surface area (Å²) >= 11 is 9.40. The second-order valence-electron chi connectivity index (χ2n) is 6.54. The maximum absolute atomic E-state index is 14.6. The molecule has 0 heterocycles. The monoisotopic (exact) mass is 373 g/mol. The second kappa shape index (κ2) is 6.55. The van der Waals surface area contributed by atoms with Crippen molar-refractivity contribution < 1.29 is 4.39 Å². The Kier molecular flexibility index (Phi) is 4.92. The summed E-state index contributed by atoms with van der Waals surface area (Å²) < 4.78 is 15.3. The van der Waals surface area contributed by atoms with E-state index in [1.807, 2.05) is 12.1 Å². The average Bonchev–Trinajstić information content (AvgIpc) is 3.10. The highest BCUT2D eigenvalue weighted by molar-refractivity contribution is 9.10. The van der Waals surface area contributed by atoms with Gasteiger partial charge < -0.3 is 5.32 Å². The van der Waals surface area contributed by atoms with Crippen LogP contribution in [0.5, 0.6) is 0 Å². The van der Waals surface area contributed by atoms with E-state index in [1.54, 1.807) is 0 Å². The molecule has 21 heavy (non-hydrogen) atoms. The first kappa shape index (κ1) is 15.8. The Labute approximate surface area is 139 Å². The molecule has 2 saturated carbocycles. The van der Waals surface area contributed by atoms with Crippen molar-refractivity contribution in [3.63, 3.8) is 0 Å². The standard InChI is InChI=1S/C17H22BrClFN/c1-2-7-21-17(13-9-10-3-4-11(13)8-10)12-5-6-14(18)15(19)16(12)20/h5-6,10-11,13,17,21H,2-4,7-9H2,1H3. The minimum Gasteiger partial charge on any atom is -0.310 e. The zero-order chi connectivity index (χ0) is 15.0. The van der Waals surface area contributed by atoms with Crippen LogP contribution in [0.2, 0.25) is 5.02 Å². The first-order valence-corrected chi connectivity index (χ1v) is 9.15. The van der Waals surface area contributed by atoms with Gasteiger partial charge in [0.1, 0.15) is 5.82 Å². The van der Waals surface area contributed by atoms with Gasteiger partial charge in [-0.05, 0) is 72.0 Å². The molecule has 0 aliphatic heterocycles. The van der Waals surface area contributed by atoms with Gasteiger partial charge in [0.25, 0.3) is 0 Å². The van der Waals surface area contributed by atoms with Crippen LogP contribution in [-0.2, 0) is 0 Å². The first-order chi connectivity index (χ1) is 10.1. The molecule has 3 rings (SSSR count). The lowest BCUT2D eigenvalue weighted by Crippen LogP contribution is -2.32. The normalized spacial score (nSPS) is 29.0. The smallest absolute Gasteiger partial charge is 0.147 e. The number of rotatable bonds is 5. The van der Waals surface area contributed by atoms with Gasteiger partial charge >= 0.3 is 0 Å². The molecule has 4 heteroatoms. The molecule has 1 nitrogen and oxygen atoms in total. The molecular weight excluding hydrogens is 353 g/mol. The van der Waals surface area contributed by atoms with Crippen LogP contribution >= 0.6 is 27.5 Å². The zero-order valence-corrected chi connectivity index (χ0v) is 14.7. The van der Waals surface area contributed by atoms with Crippen molar-refractivity contribution in [3.8, 4) is 0 Å². The van der Waals surface area contributed by atoms with Crippen LogP contribution in [-0.4, -0.2) is 6.54 Å². The van der Waals surface area contributed by atoms with Crippen LogP contribution < -0.4 is 5.32 Å². The fourth-order valence-electron chi connectivity index (χ4n) is 4.28. The lowest BCUT2D eigenvalue weighted by Gasteiger charge is -2.32. The quantitative estimate of drug-likeness (QED) is 0.650. The Morgan fingerprint density at radius 1 is 1.38 bits per heavy atom. The van der Waals surface area contributed by atoms with Gasteiger partial charge in [0.15, 0.2) is 0 Å². The summed E-state index contributed by atoms with van der Waals surface area (Å²) in [5, 5.41) is 3.79. The van der Waals surface area contributed by atoms with Gasteiger partial charge in [-0.1, -0.05) is 31.0 Å². The molecule has 1 aromatic carbocycles. The molecule has 2 aliphatic carbocycles. The predicted octanol–water partition coefficient (Wildman–Crippen LogP) is 5.72. The van der Waals surface area contributed by atoms with Crippen molar-refractivity contribution >= 4 is 27.5 Å². The average molecular weight is 375 g/mol. The van der Waals surface area contributed by atoms with Gasteiger partial charge in [0.2, 0.25) is 0 Å². The van der Waals surface area contributed by atoms with Crippen LogP contribution in [0.15, 0.2) is 16.6 Å². The Morgan fingerprint density at radius 2 is 2.19 bits per heavy atom. The lowest BCUT2D eigenvalue weighted by atomic mass is 9.80. The van der Waals surface area contributed by atoms with Crippen LogP contribution in [0.4, 0.5) is 4.39 Å². The number of hydrogen-bond donors (Lipinski definition) is 1. The first-order valence-electron chi connectivity index (χ1n) is 7.98. The molecule has 1 aromatic rings. The van der Waals surface area contributed by atoms with Gasteiger partial charge in [-0.3, -0.25) is 0 Å². The third-order valence-electron chi connectivity index (χ3n) is 5.24. The van der Waals surface area contributed by atoms with E-state index in [-0.39, 0.29) is 16.9 Å². The SMILES string of the molecule is CCCNC(c1ccc(Br)c(Cl)c1F)C1CC2CCC1C2. The molecule has 0 spiro atoms. The summed E-state index contributed by atoms with van der Waals surface area (Å²) in [6.07, 6.45) is 6.31. The largest absolute Gasteiger partial charge is 0.310 e.